The van der Waals surface area contributed by atoms with Crippen LogP contribution in [0.3, 0.4) is 0 Å². The number of ketones is 2. The van der Waals surface area contributed by atoms with Crippen molar-refractivity contribution in [2.45, 2.75) is 13.0 Å². The lowest BCUT2D eigenvalue weighted by Crippen LogP contribution is -2.43. The molecule has 0 aromatic heterocycles. The van der Waals surface area contributed by atoms with Crippen molar-refractivity contribution in [3.8, 4) is 0 Å². The van der Waals surface area contributed by atoms with E-state index in [1.54, 1.807) is 18.0 Å². The SMILES string of the molecule is CC1C(=O)C(=O)C=CN1CCN. The number of carbonyl (C=O) groups is 2. The molecule has 0 saturated heterocycles. The van der Waals surface area contributed by atoms with Crippen LogP contribution >= 0.6 is 0 Å². The highest BCUT2D eigenvalue weighted by Gasteiger charge is 2.26. The smallest absolute Gasteiger partial charge is 0.225 e. The van der Waals surface area contributed by atoms with Gasteiger partial charge in [-0.05, 0) is 6.92 Å². The third kappa shape index (κ3) is 1.53. The van der Waals surface area contributed by atoms with Gasteiger partial charge in [-0.3, -0.25) is 9.59 Å². The van der Waals surface area contributed by atoms with E-state index in [4.69, 9.17) is 5.73 Å². The van der Waals surface area contributed by atoms with Crippen LogP contribution in [0.25, 0.3) is 0 Å². The molecule has 1 heterocycles. The van der Waals surface area contributed by atoms with E-state index in [1.165, 1.54) is 6.08 Å². The molecule has 12 heavy (non-hydrogen) atoms. The third-order valence-corrected chi connectivity index (χ3v) is 1.92. The number of carbonyl (C=O) groups excluding carboxylic acids is 2. The Morgan fingerprint density at radius 3 is 2.83 bits per heavy atom. The average Bonchev–Trinajstić information content (AvgIpc) is 2.07. The van der Waals surface area contributed by atoms with Gasteiger partial charge in [-0.2, -0.15) is 0 Å². The van der Waals surface area contributed by atoms with Crippen molar-refractivity contribution < 1.29 is 9.59 Å². The Morgan fingerprint density at radius 1 is 1.58 bits per heavy atom. The number of rotatable bonds is 2. The van der Waals surface area contributed by atoms with Crippen LogP contribution in [0.1, 0.15) is 6.92 Å². The molecule has 0 aromatic rings. The molecule has 66 valence electrons. The predicted molar refractivity (Wildman–Crippen MR) is 44.4 cm³/mol. The second-order valence-corrected chi connectivity index (χ2v) is 2.75. The summed E-state index contributed by atoms with van der Waals surface area (Å²) in [5.41, 5.74) is 5.33. The first-order valence-electron chi connectivity index (χ1n) is 3.89. The highest BCUT2D eigenvalue weighted by atomic mass is 16.2. The summed E-state index contributed by atoms with van der Waals surface area (Å²) in [6, 6.07) is -0.356. The Kier molecular flexibility index (Phi) is 2.60. The summed E-state index contributed by atoms with van der Waals surface area (Å²) in [4.78, 5) is 23.8. The van der Waals surface area contributed by atoms with Gasteiger partial charge in [0.2, 0.25) is 11.6 Å². The highest BCUT2D eigenvalue weighted by molar-refractivity contribution is 6.43. The lowest BCUT2D eigenvalue weighted by molar-refractivity contribution is -0.137. The Balaban J connectivity index is 2.74. The molecule has 4 heteroatoms. The predicted octanol–water partition coefficient (Wildman–Crippen LogP) is -0.699. The van der Waals surface area contributed by atoms with Crippen LogP contribution in [-0.4, -0.2) is 35.6 Å². The van der Waals surface area contributed by atoms with Crippen molar-refractivity contribution in [1.82, 2.24) is 4.90 Å². The van der Waals surface area contributed by atoms with Crippen LogP contribution in [-0.2, 0) is 9.59 Å². The average molecular weight is 168 g/mol. The molecule has 0 bridgehead atoms. The van der Waals surface area contributed by atoms with Gasteiger partial charge in [-0.25, -0.2) is 0 Å². The molecule has 1 aliphatic rings. The van der Waals surface area contributed by atoms with E-state index in [2.05, 4.69) is 0 Å². The third-order valence-electron chi connectivity index (χ3n) is 1.92. The quantitative estimate of drug-likeness (QED) is 0.554. The monoisotopic (exact) mass is 168 g/mol. The van der Waals surface area contributed by atoms with Gasteiger partial charge >= 0.3 is 0 Å². The van der Waals surface area contributed by atoms with Gasteiger partial charge < -0.3 is 10.6 Å². The van der Waals surface area contributed by atoms with E-state index >= 15 is 0 Å². The van der Waals surface area contributed by atoms with E-state index in [0.717, 1.165) is 0 Å². The minimum Gasteiger partial charge on any atom is -0.366 e. The molecule has 1 aliphatic heterocycles. The topological polar surface area (TPSA) is 63.4 Å². The largest absolute Gasteiger partial charge is 0.366 e. The summed E-state index contributed by atoms with van der Waals surface area (Å²) in [6.07, 6.45) is 2.92. The van der Waals surface area contributed by atoms with Crippen molar-refractivity contribution in [3.63, 3.8) is 0 Å². The van der Waals surface area contributed by atoms with E-state index in [-0.39, 0.29) is 11.8 Å². The molecule has 0 fully saturated rings. The summed E-state index contributed by atoms with van der Waals surface area (Å²) >= 11 is 0. The Labute approximate surface area is 71.0 Å². The minimum atomic E-state index is -0.421. The van der Waals surface area contributed by atoms with E-state index in [9.17, 15) is 9.59 Å². The summed E-state index contributed by atoms with van der Waals surface area (Å²) in [7, 11) is 0. The van der Waals surface area contributed by atoms with Crippen LogP contribution in [0.5, 0.6) is 0 Å². The zero-order valence-electron chi connectivity index (χ0n) is 6.99. The summed E-state index contributed by atoms with van der Waals surface area (Å²) in [6.45, 7) is 2.80. The molecule has 0 spiro atoms. The summed E-state index contributed by atoms with van der Waals surface area (Å²) in [5, 5.41) is 0. The van der Waals surface area contributed by atoms with Crippen molar-refractivity contribution in [2.24, 2.45) is 5.73 Å². The maximum atomic E-state index is 11.1. The minimum absolute atomic E-state index is 0.356. The molecule has 0 amide bonds. The van der Waals surface area contributed by atoms with Crippen LogP contribution in [0, 0.1) is 0 Å². The normalized spacial score (nSPS) is 23.5. The Bertz CT molecular complexity index is 235. The van der Waals surface area contributed by atoms with Crippen LogP contribution < -0.4 is 5.73 Å². The Hall–Kier alpha value is -1.16. The number of nitrogens with two attached hydrogens (primary N) is 1. The summed E-state index contributed by atoms with van der Waals surface area (Å²) in [5.74, 6) is -0.776. The first kappa shape index (κ1) is 8.93. The fourth-order valence-electron chi connectivity index (χ4n) is 1.15. The second kappa shape index (κ2) is 3.49. The van der Waals surface area contributed by atoms with Gasteiger partial charge in [-0.15, -0.1) is 0 Å². The first-order chi connectivity index (χ1) is 5.66. The van der Waals surface area contributed by atoms with Crippen LogP contribution in [0.4, 0.5) is 0 Å². The number of hydrogen-bond donors (Lipinski definition) is 1. The molecule has 4 nitrogen and oxygen atoms in total. The molecule has 0 radical (unpaired) electrons. The summed E-state index contributed by atoms with van der Waals surface area (Å²) < 4.78 is 0. The van der Waals surface area contributed by atoms with Crippen LogP contribution in [0.2, 0.25) is 0 Å². The maximum absolute atomic E-state index is 11.1. The van der Waals surface area contributed by atoms with Gasteiger partial charge in [0.05, 0.1) is 6.04 Å². The van der Waals surface area contributed by atoms with Gasteiger partial charge in [0.25, 0.3) is 0 Å². The van der Waals surface area contributed by atoms with E-state index in [1.807, 2.05) is 0 Å². The molecule has 1 unspecified atom stereocenters. The van der Waals surface area contributed by atoms with Crippen molar-refractivity contribution >= 4 is 11.6 Å². The molecule has 1 atom stereocenters. The van der Waals surface area contributed by atoms with Crippen molar-refractivity contribution in [2.75, 3.05) is 13.1 Å². The molecule has 0 aromatic carbocycles. The molecule has 1 rings (SSSR count). The number of Topliss-reactive ketones (excluding diaryl/α,β-unsaturated/α-hetero) is 1. The lowest BCUT2D eigenvalue weighted by Gasteiger charge is -2.27. The maximum Gasteiger partial charge on any atom is 0.225 e. The van der Waals surface area contributed by atoms with Gasteiger partial charge in [0.1, 0.15) is 0 Å². The first-order valence-corrected chi connectivity index (χ1v) is 3.89. The standard InChI is InChI=1S/C8H12N2O2/c1-6-8(12)7(11)2-4-10(6)5-3-9/h2,4,6H,3,5,9H2,1H3. The second-order valence-electron chi connectivity index (χ2n) is 2.75. The van der Waals surface area contributed by atoms with Gasteiger partial charge in [0.15, 0.2) is 0 Å². The zero-order chi connectivity index (χ0) is 9.14. The fraction of sp³-hybridized carbons (Fsp3) is 0.500. The number of nitrogens with zero attached hydrogens (tertiary/aromatic N) is 1. The van der Waals surface area contributed by atoms with E-state index in [0.29, 0.717) is 13.1 Å². The van der Waals surface area contributed by atoms with E-state index < -0.39 is 5.78 Å². The Morgan fingerprint density at radius 2 is 2.25 bits per heavy atom. The molecular weight excluding hydrogens is 156 g/mol. The number of allylic oxidation sites excluding steroid dienone is 1. The molecule has 0 aliphatic carbocycles. The lowest BCUT2D eigenvalue weighted by atomic mass is 10.1. The van der Waals surface area contributed by atoms with Gasteiger partial charge in [0, 0.05) is 25.4 Å². The van der Waals surface area contributed by atoms with Crippen LogP contribution in [0.15, 0.2) is 12.3 Å². The zero-order valence-corrected chi connectivity index (χ0v) is 6.99. The molecular formula is C8H12N2O2. The molecule has 2 N–H and O–H groups in total. The van der Waals surface area contributed by atoms with Crippen molar-refractivity contribution in [1.29, 1.82) is 0 Å². The van der Waals surface area contributed by atoms with Crippen molar-refractivity contribution in [3.05, 3.63) is 12.3 Å². The fourth-order valence-corrected chi connectivity index (χ4v) is 1.15. The molecule has 0 saturated carbocycles. The van der Waals surface area contributed by atoms with Gasteiger partial charge in [-0.1, -0.05) is 0 Å². The highest BCUT2D eigenvalue weighted by Crippen LogP contribution is 2.07. The number of hydrogen-bond acceptors (Lipinski definition) is 4.